The summed E-state index contributed by atoms with van der Waals surface area (Å²) in [6, 6.07) is 0. The van der Waals surface area contributed by atoms with Crippen LogP contribution in [0.5, 0.6) is 0 Å². The number of amides is 1. The van der Waals surface area contributed by atoms with Gasteiger partial charge in [-0.1, -0.05) is 50.5 Å². The molecule has 0 saturated heterocycles. The van der Waals surface area contributed by atoms with Gasteiger partial charge in [0.1, 0.15) is 5.78 Å². The summed E-state index contributed by atoms with van der Waals surface area (Å²) < 4.78 is 0. The molecule has 28 heavy (non-hydrogen) atoms. The number of ketones is 1. The molecule has 1 aliphatic rings. The van der Waals surface area contributed by atoms with Gasteiger partial charge in [0.15, 0.2) is 0 Å². The summed E-state index contributed by atoms with van der Waals surface area (Å²) in [5, 5.41) is 31.5. The smallest absolute Gasteiger partial charge is 0.220 e. The van der Waals surface area contributed by atoms with E-state index in [-0.39, 0.29) is 43.1 Å². The van der Waals surface area contributed by atoms with E-state index in [1.807, 2.05) is 12.2 Å². The van der Waals surface area contributed by atoms with E-state index in [4.69, 9.17) is 5.11 Å². The van der Waals surface area contributed by atoms with Gasteiger partial charge >= 0.3 is 0 Å². The normalized spacial score (nSPS) is 23.7. The van der Waals surface area contributed by atoms with Gasteiger partial charge in [-0.3, -0.25) is 9.59 Å². The maximum Gasteiger partial charge on any atom is 0.220 e. The minimum atomic E-state index is -0.645. The summed E-state index contributed by atoms with van der Waals surface area (Å²) in [4.78, 5) is 23.6. The first-order valence-electron chi connectivity index (χ1n) is 10.6. The summed E-state index contributed by atoms with van der Waals surface area (Å²) >= 11 is 0. The molecule has 1 saturated carbocycles. The molecule has 0 bridgehead atoms. The highest BCUT2D eigenvalue weighted by Gasteiger charge is 2.39. The minimum Gasteiger partial charge on any atom is -0.395 e. The van der Waals surface area contributed by atoms with Gasteiger partial charge in [-0.15, -0.1) is 0 Å². The Morgan fingerprint density at radius 2 is 2.07 bits per heavy atom. The Balaban J connectivity index is 2.40. The van der Waals surface area contributed by atoms with E-state index in [9.17, 15) is 19.8 Å². The zero-order chi connectivity index (χ0) is 20.8. The predicted molar refractivity (Wildman–Crippen MR) is 110 cm³/mol. The second kappa shape index (κ2) is 14.5. The highest BCUT2D eigenvalue weighted by molar-refractivity contribution is 5.86. The fourth-order valence-corrected chi connectivity index (χ4v) is 3.51. The Morgan fingerprint density at radius 1 is 1.29 bits per heavy atom. The van der Waals surface area contributed by atoms with E-state index < -0.39 is 12.2 Å². The first kappa shape index (κ1) is 24.5. The van der Waals surface area contributed by atoms with Crippen LogP contribution in [0.4, 0.5) is 0 Å². The Labute approximate surface area is 168 Å². The molecule has 0 radical (unpaired) electrons. The van der Waals surface area contributed by atoms with E-state index in [0.717, 1.165) is 25.7 Å². The van der Waals surface area contributed by atoms with E-state index in [1.54, 1.807) is 12.2 Å². The predicted octanol–water partition coefficient (Wildman–Crippen LogP) is 2.28. The van der Waals surface area contributed by atoms with Gasteiger partial charge < -0.3 is 20.6 Å². The lowest BCUT2D eigenvalue weighted by atomic mass is 9.90. The van der Waals surface area contributed by atoms with Crippen LogP contribution in [0.1, 0.15) is 64.7 Å². The highest BCUT2D eigenvalue weighted by atomic mass is 16.3. The van der Waals surface area contributed by atoms with Crippen LogP contribution in [0.2, 0.25) is 0 Å². The van der Waals surface area contributed by atoms with Crippen molar-refractivity contribution < 1.29 is 24.9 Å². The average molecular weight is 396 g/mol. The van der Waals surface area contributed by atoms with Gasteiger partial charge in [-0.25, -0.2) is 0 Å². The first-order chi connectivity index (χ1) is 13.5. The molecular formula is C22H37NO5. The van der Waals surface area contributed by atoms with Crippen molar-refractivity contribution in [1.82, 2.24) is 5.32 Å². The van der Waals surface area contributed by atoms with Crippen LogP contribution in [0.25, 0.3) is 0 Å². The van der Waals surface area contributed by atoms with Crippen molar-refractivity contribution >= 4 is 11.7 Å². The maximum absolute atomic E-state index is 12.2. The van der Waals surface area contributed by atoms with Crippen molar-refractivity contribution in [3.63, 3.8) is 0 Å². The number of unbranched alkanes of at least 4 members (excludes halogenated alkanes) is 3. The van der Waals surface area contributed by atoms with Crippen LogP contribution in [-0.4, -0.2) is 52.4 Å². The summed E-state index contributed by atoms with van der Waals surface area (Å²) in [6.45, 7) is 2.34. The van der Waals surface area contributed by atoms with Crippen molar-refractivity contribution in [3.05, 3.63) is 24.3 Å². The molecule has 1 rings (SSSR count). The number of carbonyl (C=O) groups excluding carboxylic acids is 2. The fourth-order valence-electron chi connectivity index (χ4n) is 3.51. The average Bonchev–Trinajstić information content (AvgIpc) is 2.94. The summed E-state index contributed by atoms with van der Waals surface area (Å²) in [5.74, 6) is -0.536. The molecule has 0 aromatic heterocycles. The molecule has 1 aliphatic carbocycles. The van der Waals surface area contributed by atoms with E-state index in [2.05, 4.69) is 12.2 Å². The van der Waals surface area contributed by atoms with Crippen LogP contribution in [0, 0.1) is 11.8 Å². The van der Waals surface area contributed by atoms with Gasteiger partial charge in [0.25, 0.3) is 0 Å². The minimum absolute atomic E-state index is 0.0310. The second-order valence-corrected chi connectivity index (χ2v) is 7.55. The molecule has 1 amide bonds. The van der Waals surface area contributed by atoms with E-state index in [0.29, 0.717) is 25.7 Å². The zero-order valence-electron chi connectivity index (χ0n) is 17.1. The molecule has 6 nitrogen and oxygen atoms in total. The van der Waals surface area contributed by atoms with Crippen molar-refractivity contribution in [2.24, 2.45) is 11.8 Å². The van der Waals surface area contributed by atoms with Crippen molar-refractivity contribution in [2.45, 2.75) is 76.9 Å². The Hall–Kier alpha value is -1.50. The molecule has 0 heterocycles. The molecule has 0 aliphatic heterocycles. The lowest BCUT2D eigenvalue weighted by molar-refractivity contribution is -0.121. The van der Waals surface area contributed by atoms with Gasteiger partial charge in [0.05, 0.1) is 18.8 Å². The molecule has 1 fully saturated rings. The maximum atomic E-state index is 12.2. The monoisotopic (exact) mass is 395 g/mol. The lowest BCUT2D eigenvalue weighted by Crippen LogP contribution is -2.25. The number of nitrogens with one attached hydrogen (secondary N) is 1. The first-order valence-corrected chi connectivity index (χ1v) is 10.6. The third-order valence-corrected chi connectivity index (χ3v) is 5.17. The highest BCUT2D eigenvalue weighted by Crippen LogP contribution is 2.33. The van der Waals surface area contributed by atoms with Crippen molar-refractivity contribution in [2.75, 3.05) is 13.2 Å². The number of rotatable bonds is 14. The second-order valence-electron chi connectivity index (χ2n) is 7.55. The van der Waals surface area contributed by atoms with Crippen molar-refractivity contribution in [3.8, 4) is 0 Å². The molecule has 4 atom stereocenters. The van der Waals surface area contributed by atoms with E-state index >= 15 is 0 Å². The van der Waals surface area contributed by atoms with Gasteiger partial charge in [-0.2, -0.15) is 0 Å². The molecule has 0 spiro atoms. The molecular weight excluding hydrogens is 358 g/mol. The van der Waals surface area contributed by atoms with Gasteiger partial charge in [0.2, 0.25) is 5.91 Å². The van der Waals surface area contributed by atoms with Gasteiger partial charge in [0, 0.05) is 31.2 Å². The summed E-state index contributed by atoms with van der Waals surface area (Å²) in [6.07, 6.45) is 12.8. The van der Waals surface area contributed by atoms with Crippen LogP contribution in [-0.2, 0) is 9.59 Å². The number of hydrogen-bond acceptors (Lipinski definition) is 5. The van der Waals surface area contributed by atoms with Crippen LogP contribution in [0.3, 0.4) is 0 Å². The van der Waals surface area contributed by atoms with Gasteiger partial charge in [-0.05, 0) is 25.7 Å². The number of carbonyl (C=O) groups is 2. The molecule has 0 unspecified atom stereocenters. The molecule has 4 N–H and O–H groups in total. The van der Waals surface area contributed by atoms with Crippen LogP contribution >= 0.6 is 0 Å². The quantitative estimate of drug-likeness (QED) is 0.267. The van der Waals surface area contributed by atoms with Crippen molar-refractivity contribution in [1.29, 1.82) is 0 Å². The Morgan fingerprint density at radius 3 is 2.79 bits per heavy atom. The topological polar surface area (TPSA) is 107 Å². The number of aliphatic hydroxyl groups is 3. The number of aliphatic hydroxyl groups excluding tert-OH is 3. The number of Topliss-reactive ketones (excluding diaryl/α,β-unsaturated/α-hetero) is 1. The largest absolute Gasteiger partial charge is 0.395 e. The molecule has 160 valence electrons. The Bertz CT molecular complexity index is 517. The molecule has 0 aromatic rings. The van der Waals surface area contributed by atoms with E-state index in [1.165, 1.54) is 0 Å². The summed E-state index contributed by atoms with van der Waals surface area (Å²) in [7, 11) is 0. The third kappa shape index (κ3) is 9.62. The SMILES string of the molecule is CCCCC[C@H](O)C=C[C@H]1C(=O)C[C@H](O)[C@@H]1C/C=C/CCCC(=O)NCCO. The number of hydrogen-bond donors (Lipinski definition) is 4. The molecule has 6 heteroatoms. The third-order valence-electron chi connectivity index (χ3n) is 5.17. The molecule has 0 aromatic carbocycles. The Kier molecular flexibility index (Phi) is 12.7. The zero-order valence-corrected chi connectivity index (χ0v) is 17.1. The lowest BCUT2D eigenvalue weighted by Gasteiger charge is -2.17. The number of allylic oxidation sites excluding steroid dienone is 3. The summed E-state index contributed by atoms with van der Waals surface area (Å²) in [5.41, 5.74) is 0. The van der Waals surface area contributed by atoms with Crippen LogP contribution in [0.15, 0.2) is 24.3 Å². The fraction of sp³-hybridized carbons (Fsp3) is 0.727. The van der Waals surface area contributed by atoms with Crippen LogP contribution < -0.4 is 5.32 Å². The standard InChI is InChI=1S/C22H37NO5/c1-2-3-6-9-17(25)12-13-19-18(20(26)16-21(19)27)10-7-4-5-8-11-22(28)23-14-15-24/h4,7,12-13,17-20,24-26H,2-3,5-6,8-11,14-16H2,1H3,(H,23,28)/b7-4+,13-12?/t17-,18+,19+,20-/m0/s1.